The molecule has 3 aliphatic carbocycles. The summed E-state index contributed by atoms with van der Waals surface area (Å²) in [5.41, 5.74) is -4.65. The van der Waals surface area contributed by atoms with Gasteiger partial charge in [-0.25, -0.2) is 9.59 Å². The first-order valence-electron chi connectivity index (χ1n) is 17.7. The van der Waals surface area contributed by atoms with Gasteiger partial charge >= 0.3 is 29.8 Å². The predicted molar refractivity (Wildman–Crippen MR) is 185 cm³/mol. The minimum absolute atomic E-state index is 0.0108. The highest BCUT2D eigenvalue weighted by Crippen LogP contribution is 2.70. The van der Waals surface area contributed by atoms with Gasteiger partial charge in [-0.3, -0.25) is 19.4 Å². The summed E-state index contributed by atoms with van der Waals surface area (Å²) in [6.07, 6.45) is -1.26. The quantitative estimate of drug-likeness (QED) is 0.217. The van der Waals surface area contributed by atoms with E-state index in [1.165, 1.54) is 32.3 Å². The maximum absolute atomic E-state index is 14.1. The number of aromatic nitrogens is 1. The molecular formula is C40H45NO12. The summed E-state index contributed by atoms with van der Waals surface area (Å²) >= 11 is 0. The molecule has 1 aromatic carbocycles. The third-order valence-corrected chi connectivity index (χ3v) is 11.3. The first-order valence-corrected chi connectivity index (χ1v) is 17.7. The molecule has 1 N–H and O–H groups in total. The molecule has 1 aromatic heterocycles. The van der Waals surface area contributed by atoms with Gasteiger partial charge in [-0.15, -0.1) is 0 Å². The third kappa shape index (κ3) is 6.13. The van der Waals surface area contributed by atoms with Crippen LogP contribution < -0.4 is 0 Å². The number of aliphatic hydroxyl groups is 1. The molecule has 0 radical (unpaired) electrons. The fourth-order valence-corrected chi connectivity index (χ4v) is 9.58. The molecule has 282 valence electrons. The van der Waals surface area contributed by atoms with Crippen LogP contribution in [0, 0.1) is 29.1 Å². The monoisotopic (exact) mass is 731 g/mol. The number of pyridine rings is 1. The predicted octanol–water partition coefficient (Wildman–Crippen LogP) is 4.53. The normalized spacial score (nSPS) is 36.5. The van der Waals surface area contributed by atoms with E-state index in [9.17, 15) is 29.1 Å². The number of esters is 5. The Morgan fingerprint density at radius 2 is 1.60 bits per heavy atom. The number of nitrogens with zero attached hydrogens (tertiary/aromatic N) is 1. The molecule has 1 unspecified atom stereocenters. The maximum atomic E-state index is 14.1. The number of hydrogen-bond acceptors (Lipinski definition) is 13. The van der Waals surface area contributed by atoms with Gasteiger partial charge in [0.25, 0.3) is 0 Å². The Bertz CT molecular complexity index is 1810. The molecule has 4 aliphatic rings. The number of carbonyl (C=O) groups excluding carboxylic acids is 5. The second-order valence-corrected chi connectivity index (χ2v) is 14.7. The van der Waals surface area contributed by atoms with E-state index in [0.717, 1.165) is 0 Å². The Kier molecular flexibility index (Phi) is 10.1. The highest BCUT2D eigenvalue weighted by atomic mass is 16.7. The third-order valence-electron chi connectivity index (χ3n) is 11.3. The number of aliphatic hydroxyl groups excluding tert-OH is 1. The molecule has 13 heteroatoms. The molecule has 2 aromatic rings. The molecule has 2 heterocycles. The van der Waals surface area contributed by atoms with Crippen LogP contribution in [0.15, 0.2) is 79.2 Å². The van der Waals surface area contributed by atoms with Crippen molar-refractivity contribution in [2.45, 2.75) is 96.3 Å². The molecule has 53 heavy (non-hydrogen) atoms. The van der Waals surface area contributed by atoms with Crippen molar-refractivity contribution in [2.75, 3.05) is 0 Å². The molecule has 13 nitrogen and oxygen atoms in total. The first-order chi connectivity index (χ1) is 25.1. The summed E-state index contributed by atoms with van der Waals surface area (Å²) in [5, 5.41) is 12.5. The van der Waals surface area contributed by atoms with Crippen molar-refractivity contribution in [3.8, 4) is 0 Å². The van der Waals surface area contributed by atoms with Crippen LogP contribution in [-0.2, 0) is 42.8 Å². The van der Waals surface area contributed by atoms with Crippen LogP contribution >= 0.6 is 0 Å². The summed E-state index contributed by atoms with van der Waals surface area (Å²) in [5.74, 6) is -7.28. The SMILES string of the molecule is C=C(C)[C@H]1C=C[C@@H](OC(=O)c2ccccc2)[C@@]23C(O)O[C@@](C)([C@@H](OC(=O)c4cccnc4)[C@@]4(OC(C)=O)C[C@H](C)[C@H](OC(=O)CC)[C@@H]4[C@H]2OC(C)=O)[C@H]13. The molecule has 2 bridgehead atoms. The van der Waals surface area contributed by atoms with Gasteiger partial charge in [-0.05, 0) is 56.5 Å². The Labute approximate surface area is 307 Å². The first kappa shape index (κ1) is 37.9. The zero-order valence-corrected chi connectivity index (χ0v) is 30.6. The van der Waals surface area contributed by atoms with Crippen molar-refractivity contribution in [1.82, 2.24) is 4.98 Å². The van der Waals surface area contributed by atoms with E-state index in [1.807, 2.05) is 0 Å². The van der Waals surface area contributed by atoms with Crippen LogP contribution in [-0.4, -0.2) is 81.8 Å². The van der Waals surface area contributed by atoms with Gasteiger partial charge in [-0.2, -0.15) is 0 Å². The summed E-state index contributed by atoms with van der Waals surface area (Å²) in [6.45, 7) is 13.4. The summed E-state index contributed by atoms with van der Waals surface area (Å²) in [6, 6.07) is 11.3. The number of rotatable bonds is 9. The van der Waals surface area contributed by atoms with Crippen molar-refractivity contribution in [3.63, 3.8) is 0 Å². The van der Waals surface area contributed by atoms with E-state index in [2.05, 4.69) is 11.6 Å². The lowest BCUT2D eigenvalue weighted by molar-refractivity contribution is -0.282. The standard InChI is InChI=1S/C40H45NO12/c1-8-29(44)50-31-22(4)19-39(52-24(6)43)30(31)33(48-23(5)42)40-28(49-34(45)25-13-10-9-11-14-25)17-16-27(21(2)3)32(40)38(7,53-37(40)47)36(39)51-35(46)26-15-12-18-41-20-26/h9-18,20,22,27-28,30-33,36-37,47H,2,8,19H2,1,3-7H3/t22-,27+,28+,30+,31-,32-,33+,36+,37?,38+,39+,40-/m0/s1. The van der Waals surface area contributed by atoms with E-state index in [-0.39, 0.29) is 24.0 Å². The van der Waals surface area contributed by atoms with Crippen LogP contribution in [0.25, 0.3) is 0 Å². The fourth-order valence-electron chi connectivity index (χ4n) is 9.58. The van der Waals surface area contributed by atoms with Gasteiger partial charge in [0.2, 0.25) is 0 Å². The lowest BCUT2D eigenvalue weighted by atomic mass is 9.54. The molecule has 0 amide bonds. The van der Waals surface area contributed by atoms with Gasteiger partial charge in [-0.1, -0.05) is 50.3 Å². The summed E-state index contributed by atoms with van der Waals surface area (Å²) in [4.78, 5) is 71.9. The highest BCUT2D eigenvalue weighted by Gasteiger charge is 2.84. The molecule has 1 aliphatic heterocycles. The van der Waals surface area contributed by atoms with Gasteiger partial charge in [0.1, 0.15) is 29.3 Å². The molecular weight excluding hydrogens is 686 g/mol. The van der Waals surface area contributed by atoms with Gasteiger partial charge in [0.15, 0.2) is 18.0 Å². The molecule has 2 saturated carbocycles. The largest absolute Gasteiger partial charge is 0.461 e. The van der Waals surface area contributed by atoms with Crippen LogP contribution in [0.1, 0.15) is 75.1 Å². The topological polar surface area (TPSA) is 174 Å². The lowest BCUT2D eigenvalue weighted by Gasteiger charge is -2.52. The zero-order valence-electron chi connectivity index (χ0n) is 30.6. The Balaban J connectivity index is 1.69. The number of ether oxygens (including phenoxy) is 6. The van der Waals surface area contributed by atoms with Crippen molar-refractivity contribution in [1.29, 1.82) is 0 Å². The van der Waals surface area contributed by atoms with E-state index in [1.54, 1.807) is 76.2 Å². The van der Waals surface area contributed by atoms with Gasteiger partial charge in [0.05, 0.1) is 17.0 Å². The van der Waals surface area contributed by atoms with Gasteiger partial charge in [0, 0.05) is 44.5 Å². The Morgan fingerprint density at radius 1 is 0.925 bits per heavy atom. The van der Waals surface area contributed by atoms with Gasteiger partial charge < -0.3 is 33.5 Å². The summed E-state index contributed by atoms with van der Waals surface area (Å²) < 4.78 is 38.2. The fraction of sp³-hybridized carbons (Fsp3) is 0.500. The number of hydrogen-bond donors (Lipinski definition) is 1. The minimum Gasteiger partial charge on any atom is -0.461 e. The molecule has 12 atom stereocenters. The maximum Gasteiger partial charge on any atom is 0.340 e. The van der Waals surface area contributed by atoms with E-state index in [4.69, 9.17) is 28.4 Å². The molecule has 1 saturated heterocycles. The van der Waals surface area contributed by atoms with Crippen LogP contribution in [0.2, 0.25) is 0 Å². The number of carbonyl (C=O) groups is 5. The number of fused-ring (bicyclic) bond motifs is 1. The van der Waals surface area contributed by atoms with Crippen molar-refractivity contribution in [2.24, 2.45) is 29.1 Å². The zero-order chi connectivity index (χ0) is 38.5. The van der Waals surface area contributed by atoms with Crippen molar-refractivity contribution >= 4 is 29.8 Å². The Morgan fingerprint density at radius 3 is 2.21 bits per heavy atom. The number of allylic oxidation sites excluding steroid dienone is 2. The van der Waals surface area contributed by atoms with Crippen molar-refractivity contribution < 1.29 is 57.5 Å². The van der Waals surface area contributed by atoms with Crippen molar-refractivity contribution in [3.05, 3.63) is 90.3 Å². The van der Waals surface area contributed by atoms with E-state index < -0.39 is 101 Å². The number of benzene rings is 1. The second kappa shape index (κ2) is 14.2. The molecule has 3 fully saturated rings. The van der Waals surface area contributed by atoms with Crippen LogP contribution in [0.3, 0.4) is 0 Å². The molecule has 0 spiro atoms. The Hall–Kier alpha value is -4.88. The minimum atomic E-state index is -1.89. The average molecular weight is 732 g/mol. The average Bonchev–Trinajstić information content (AvgIpc) is 3.50. The van der Waals surface area contributed by atoms with Crippen LogP contribution in [0.4, 0.5) is 0 Å². The summed E-state index contributed by atoms with van der Waals surface area (Å²) in [7, 11) is 0. The van der Waals surface area contributed by atoms with E-state index >= 15 is 0 Å². The lowest BCUT2D eigenvalue weighted by Crippen LogP contribution is -2.66. The second-order valence-electron chi connectivity index (χ2n) is 14.7. The highest BCUT2D eigenvalue weighted by molar-refractivity contribution is 5.90. The smallest absolute Gasteiger partial charge is 0.340 e. The molecule has 6 rings (SSSR count). The van der Waals surface area contributed by atoms with E-state index in [0.29, 0.717) is 5.57 Å². The van der Waals surface area contributed by atoms with Crippen LogP contribution in [0.5, 0.6) is 0 Å².